The van der Waals surface area contributed by atoms with E-state index in [0.717, 1.165) is 40.7 Å². The van der Waals surface area contributed by atoms with Crippen LogP contribution in [-0.4, -0.2) is 22.8 Å². The van der Waals surface area contributed by atoms with Gasteiger partial charge in [0.15, 0.2) is 0 Å². The first kappa shape index (κ1) is 28.3. The molecule has 0 N–H and O–H groups in total. The summed E-state index contributed by atoms with van der Waals surface area (Å²) < 4.78 is 38.3. The lowest BCUT2D eigenvalue weighted by molar-refractivity contribution is 0.144. The summed E-state index contributed by atoms with van der Waals surface area (Å²) in [4.78, 5) is 0. The molecule has 1 aromatic carbocycles. The highest BCUT2D eigenvalue weighted by Gasteiger charge is 2.35. The largest absolute Gasteiger partial charge is 0.251 e. The predicted molar refractivity (Wildman–Crippen MR) is 144 cm³/mol. The van der Waals surface area contributed by atoms with Gasteiger partial charge >= 0.3 is 0 Å². The Balaban J connectivity index is 0.000000271. The zero-order chi connectivity index (χ0) is 24.3. The zero-order valence-electron chi connectivity index (χ0n) is 21.3. The molecule has 0 radical (unpaired) electrons. The number of aryl methyl sites for hydroxylation is 1. The summed E-state index contributed by atoms with van der Waals surface area (Å²) in [5.74, 6) is 6.51. The molecule has 0 amide bonds. The highest BCUT2D eigenvalue weighted by Crippen LogP contribution is 2.48. The number of halogens is 3. The Morgan fingerprint density at radius 3 is 1.88 bits per heavy atom. The average Bonchev–Trinajstić information content (AvgIpc) is 2.86. The van der Waals surface area contributed by atoms with Gasteiger partial charge in [-0.1, -0.05) is 39.2 Å². The van der Waals surface area contributed by atoms with Crippen molar-refractivity contribution in [3.8, 4) is 0 Å². The van der Waals surface area contributed by atoms with Gasteiger partial charge in [0.05, 0.1) is 11.3 Å². The summed E-state index contributed by atoms with van der Waals surface area (Å²) in [5, 5.41) is 0. The van der Waals surface area contributed by atoms with Crippen molar-refractivity contribution in [3.63, 3.8) is 0 Å². The van der Waals surface area contributed by atoms with Crippen molar-refractivity contribution in [2.75, 3.05) is 18.2 Å². The Morgan fingerprint density at radius 1 is 0.765 bits per heavy atom. The van der Waals surface area contributed by atoms with Crippen molar-refractivity contribution in [1.82, 2.24) is 0 Å². The predicted octanol–water partition coefficient (Wildman–Crippen LogP) is 9.71. The molecule has 5 heteroatoms. The summed E-state index contributed by atoms with van der Waals surface area (Å²) in [5.41, 5.74) is 0.557. The van der Waals surface area contributed by atoms with Gasteiger partial charge in [0.1, 0.15) is 11.6 Å². The lowest BCUT2D eigenvalue weighted by Gasteiger charge is -2.40. The second kappa shape index (κ2) is 15.1. The van der Waals surface area contributed by atoms with E-state index in [9.17, 15) is 13.2 Å². The quantitative estimate of drug-likeness (QED) is 0.355. The molecular weight excluding hydrogens is 469 g/mol. The number of hydrogen-bond donors (Lipinski definition) is 0. The molecular formula is C29H45F3S2. The highest BCUT2D eigenvalue weighted by molar-refractivity contribution is 8.17. The van der Waals surface area contributed by atoms with E-state index in [2.05, 4.69) is 30.4 Å². The lowest BCUT2D eigenvalue weighted by Crippen LogP contribution is -2.30. The van der Waals surface area contributed by atoms with E-state index < -0.39 is 11.6 Å². The summed E-state index contributed by atoms with van der Waals surface area (Å²) >= 11 is 4.58. The maximum atomic E-state index is 12.6. The molecule has 3 aliphatic rings. The van der Waals surface area contributed by atoms with Gasteiger partial charge < -0.3 is 0 Å². The summed E-state index contributed by atoms with van der Waals surface area (Å²) in [6.07, 6.45) is 15.6. The molecule has 4 rings (SSSR count). The molecule has 0 atom stereocenters. The van der Waals surface area contributed by atoms with Crippen molar-refractivity contribution in [2.45, 2.75) is 95.5 Å². The van der Waals surface area contributed by atoms with E-state index in [1.54, 1.807) is 0 Å². The van der Waals surface area contributed by atoms with Crippen LogP contribution in [-0.2, 0) is 6.42 Å². The van der Waals surface area contributed by atoms with Crippen molar-refractivity contribution < 1.29 is 13.2 Å². The summed E-state index contributed by atoms with van der Waals surface area (Å²) in [7, 11) is 0. The fraction of sp³-hybridized carbons (Fsp3) is 0.793. The topological polar surface area (TPSA) is 0 Å². The van der Waals surface area contributed by atoms with Crippen LogP contribution in [0.2, 0.25) is 0 Å². The summed E-state index contributed by atoms with van der Waals surface area (Å²) in [6.45, 7) is 4.06. The second-order valence-corrected chi connectivity index (χ2v) is 13.4. The minimum absolute atomic E-state index is 0.101. The van der Waals surface area contributed by atoms with Gasteiger partial charge in [0.2, 0.25) is 0 Å². The molecule has 1 aliphatic heterocycles. The first-order valence-electron chi connectivity index (χ1n) is 13.8. The maximum Gasteiger partial charge on any atom is 0.129 e. The van der Waals surface area contributed by atoms with Crippen LogP contribution in [0.1, 0.15) is 90.0 Å². The Bertz CT molecular complexity index is 655. The van der Waals surface area contributed by atoms with Crippen LogP contribution in [0, 0.1) is 41.2 Å². The Labute approximate surface area is 215 Å². The van der Waals surface area contributed by atoms with Gasteiger partial charge in [-0.25, -0.2) is 8.78 Å². The third-order valence-corrected chi connectivity index (χ3v) is 11.9. The van der Waals surface area contributed by atoms with E-state index in [0.29, 0.717) is 17.9 Å². The lowest BCUT2D eigenvalue weighted by atomic mass is 9.69. The fourth-order valence-corrected chi connectivity index (χ4v) is 9.79. The molecule has 1 saturated heterocycles. The van der Waals surface area contributed by atoms with E-state index in [4.69, 9.17) is 0 Å². The minimum atomic E-state index is -0.519. The Kier molecular flexibility index (Phi) is 12.5. The third kappa shape index (κ3) is 8.68. The van der Waals surface area contributed by atoms with Crippen molar-refractivity contribution >= 4 is 23.5 Å². The van der Waals surface area contributed by atoms with Crippen LogP contribution in [0.3, 0.4) is 0 Å². The normalized spacial score (nSPS) is 32.0. The van der Waals surface area contributed by atoms with Crippen LogP contribution >= 0.6 is 23.5 Å². The molecule has 3 fully saturated rings. The molecule has 2 aliphatic carbocycles. The van der Waals surface area contributed by atoms with Crippen molar-refractivity contribution in [2.24, 2.45) is 29.6 Å². The molecule has 0 spiro atoms. The van der Waals surface area contributed by atoms with Gasteiger partial charge in [-0.05, 0) is 111 Å². The van der Waals surface area contributed by atoms with Crippen LogP contribution in [0.5, 0.6) is 0 Å². The molecule has 2 saturated carbocycles. The molecule has 34 heavy (non-hydrogen) atoms. The number of rotatable bonds is 7. The average molecular weight is 515 g/mol. The molecule has 1 aromatic rings. The van der Waals surface area contributed by atoms with Crippen molar-refractivity contribution in [3.05, 3.63) is 35.4 Å². The van der Waals surface area contributed by atoms with Gasteiger partial charge in [0.25, 0.3) is 0 Å². The van der Waals surface area contributed by atoms with Crippen LogP contribution in [0.15, 0.2) is 18.2 Å². The minimum Gasteiger partial charge on any atom is -0.251 e. The van der Waals surface area contributed by atoms with Gasteiger partial charge in [0, 0.05) is 6.07 Å². The van der Waals surface area contributed by atoms with E-state index in [-0.39, 0.29) is 6.67 Å². The molecule has 0 aromatic heterocycles. The number of benzene rings is 1. The number of thioether (sulfide) groups is 2. The highest BCUT2D eigenvalue weighted by atomic mass is 32.2. The van der Waals surface area contributed by atoms with Gasteiger partial charge in [-0.15, -0.1) is 23.5 Å². The molecule has 0 unspecified atom stereocenters. The van der Waals surface area contributed by atoms with Gasteiger partial charge in [-0.2, -0.15) is 0 Å². The fourth-order valence-electron chi connectivity index (χ4n) is 6.20. The Hall–Kier alpha value is -0.290. The first-order chi connectivity index (χ1) is 16.5. The molecule has 1 heterocycles. The standard InChI is InChI=1S/C21H37FS2.C8H8F2/c1-2-3-17-14-23-21(24-15-17)20-10-8-19(9-11-20)18-6-4-16(5-7-18)12-13-22;1-2-6-3-4-7(9)5-8(6)10/h16-21H,2-15H2,1H3;3-5H,2H2,1H3. The SMILES string of the molecule is CCCC1CSC(C2CCC(C3CCC(CCF)CC3)CC2)SC1.CCc1ccc(F)cc1F. The number of hydrogen-bond acceptors (Lipinski definition) is 2. The third-order valence-electron chi connectivity index (χ3n) is 8.36. The zero-order valence-corrected chi connectivity index (χ0v) is 22.9. The monoisotopic (exact) mass is 514 g/mol. The number of alkyl halides is 1. The molecule has 0 bridgehead atoms. The molecule has 194 valence electrons. The van der Waals surface area contributed by atoms with Gasteiger partial charge in [-0.3, -0.25) is 4.39 Å². The van der Waals surface area contributed by atoms with Crippen molar-refractivity contribution in [1.29, 1.82) is 0 Å². The second-order valence-electron chi connectivity index (χ2n) is 10.7. The first-order valence-corrected chi connectivity index (χ1v) is 15.9. The Morgan fingerprint density at radius 2 is 1.35 bits per heavy atom. The van der Waals surface area contributed by atoms with E-state index >= 15 is 0 Å². The van der Waals surface area contributed by atoms with E-state index in [1.165, 1.54) is 87.8 Å². The van der Waals surface area contributed by atoms with Crippen LogP contribution in [0.25, 0.3) is 0 Å². The summed E-state index contributed by atoms with van der Waals surface area (Å²) in [6, 6.07) is 3.63. The maximum absolute atomic E-state index is 12.6. The van der Waals surface area contributed by atoms with Crippen LogP contribution in [0.4, 0.5) is 13.2 Å². The smallest absolute Gasteiger partial charge is 0.129 e. The van der Waals surface area contributed by atoms with E-state index in [1.807, 2.05) is 6.92 Å². The van der Waals surface area contributed by atoms with Crippen LogP contribution < -0.4 is 0 Å². The molecule has 0 nitrogen and oxygen atoms in total.